The number of rotatable bonds is 6. The van der Waals surface area contributed by atoms with Gasteiger partial charge >= 0.3 is 0 Å². The molecule has 2 rings (SSSR count). The number of nitrogens with one attached hydrogen (secondary N) is 1. The van der Waals surface area contributed by atoms with Gasteiger partial charge in [0.1, 0.15) is 4.90 Å². The Morgan fingerprint density at radius 1 is 1.08 bits per heavy atom. The topological polar surface area (TPSA) is 66.5 Å². The van der Waals surface area contributed by atoms with E-state index in [4.69, 9.17) is 34.8 Å². The summed E-state index contributed by atoms with van der Waals surface area (Å²) in [5.41, 5.74) is 1.34. The van der Waals surface area contributed by atoms with Crippen LogP contribution in [-0.4, -0.2) is 31.7 Å². The quantitative estimate of drug-likeness (QED) is 0.721. The highest BCUT2D eigenvalue weighted by molar-refractivity contribution is 7.89. The lowest BCUT2D eigenvalue weighted by Crippen LogP contribution is -2.38. The molecule has 0 aliphatic carbocycles. The summed E-state index contributed by atoms with van der Waals surface area (Å²) in [6.07, 6.45) is 0. The Kier molecular flexibility index (Phi) is 6.93. The predicted octanol–water partition coefficient (Wildman–Crippen LogP) is 4.60. The van der Waals surface area contributed by atoms with Gasteiger partial charge in [0.25, 0.3) is 0 Å². The van der Waals surface area contributed by atoms with Crippen molar-refractivity contribution >= 4 is 56.4 Å². The molecule has 0 aromatic heterocycles. The summed E-state index contributed by atoms with van der Waals surface area (Å²) in [5, 5.41) is 3.52. The second kappa shape index (κ2) is 8.59. The molecule has 0 spiro atoms. The lowest BCUT2D eigenvalue weighted by atomic mass is 10.2. The van der Waals surface area contributed by atoms with E-state index in [9.17, 15) is 13.2 Å². The van der Waals surface area contributed by atoms with E-state index in [1.807, 2.05) is 0 Å². The van der Waals surface area contributed by atoms with Crippen molar-refractivity contribution in [2.45, 2.75) is 18.7 Å². The van der Waals surface area contributed by atoms with Gasteiger partial charge in [-0.25, -0.2) is 8.42 Å². The van der Waals surface area contributed by atoms with Crippen LogP contribution in [0.2, 0.25) is 15.1 Å². The Hall–Kier alpha value is -1.31. The number of benzene rings is 2. The Morgan fingerprint density at radius 2 is 1.69 bits per heavy atom. The van der Waals surface area contributed by atoms with Gasteiger partial charge in [-0.3, -0.25) is 4.79 Å². The van der Waals surface area contributed by atoms with Crippen LogP contribution in [0.25, 0.3) is 0 Å². The lowest BCUT2D eigenvalue weighted by molar-refractivity contribution is -0.116. The maximum absolute atomic E-state index is 12.8. The van der Waals surface area contributed by atoms with E-state index in [0.717, 1.165) is 9.87 Å². The number of nitrogens with zero attached hydrogens (tertiary/aromatic N) is 1. The van der Waals surface area contributed by atoms with Crippen molar-refractivity contribution in [1.29, 1.82) is 0 Å². The SMILES string of the molecule is CCN(CC(=O)Nc1ccc(Cl)cc1C)S(=O)(=O)c1cc(Cl)ccc1Cl. The predicted molar refractivity (Wildman–Crippen MR) is 106 cm³/mol. The fourth-order valence-electron chi connectivity index (χ4n) is 2.30. The number of hydrogen-bond acceptors (Lipinski definition) is 3. The number of likely N-dealkylation sites (N-methyl/N-ethyl adjacent to an activating group) is 1. The van der Waals surface area contributed by atoms with E-state index in [2.05, 4.69) is 5.32 Å². The fourth-order valence-corrected chi connectivity index (χ4v) is 4.67. The van der Waals surface area contributed by atoms with Crippen LogP contribution in [0.5, 0.6) is 0 Å². The summed E-state index contributed by atoms with van der Waals surface area (Å²) >= 11 is 17.8. The minimum absolute atomic E-state index is 0.0433. The summed E-state index contributed by atoms with van der Waals surface area (Å²) in [4.78, 5) is 12.2. The normalized spacial score (nSPS) is 11.6. The van der Waals surface area contributed by atoms with Gasteiger partial charge in [-0.15, -0.1) is 0 Å². The average molecular weight is 436 g/mol. The van der Waals surface area contributed by atoms with Crippen molar-refractivity contribution in [2.24, 2.45) is 0 Å². The number of carbonyl (C=O) groups is 1. The first kappa shape index (κ1) is 21.0. The molecule has 0 aliphatic rings. The molecule has 0 unspecified atom stereocenters. The highest BCUT2D eigenvalue weighted by Crippen LogP contribution is 2.27. The van der Waals surface area contributed by atoms with Crippen molar-refractivity contribution in [2.75, 3.05) is 18.4 Å². The molecule has 0 atom stereocenters. The molecule has 9 heteroatoms. The maximum atomic E-state index is 12.8. The molecule has 0 heterocycles. The number of carbonyl (C=O) groups excluding carboxylic acids is 1. The van der Waals surface area contributed by atoms with Crippen LogP contribution in [0.3, 0.4) is 0 Å². The summed E-state index contributed by atoms with van der Waals surface area (Å²) in [5.74, 6) is -0.473. The molecule has 1 amide bonds. The zero-order chi connectivity index (χ0) is 19.5. The summed E-state index contributed by atoms with van der Waals surface area (Å²) in [7, 11) is -3.97. The van der Waals surface area contributed by atoms with Crippen molar-refractivity contribution in [3.8, 4) is 0 Å². The van der Waals surface area contributed by atoms with Gasteiger partial charge in [0, 0.05) is 22.3 Å². The monoisotopic (exact) mass is 434 g/mol. The molecule has 2 aromatic carbocycles. The number of aryl methyl sites for hydroxylation is 1. The molecule has 0 radical (unpaired) electrons. The van der Waals surface area contributed by atoms with Crippen molar-refractivity contribution in [3.63, 3.8) is 0 Å². The van der Waals surface area contributed by atoms with Crippen LogP contribution in [0, 0.1) is 6.92 Å². The third-order valence-electron chi connectivity index (χ3n) is 3.65. The van der Waals surface area contributed by atoms with E-state index in [0.29, 0.717) is 10.7 Å². The number of amides is 1. The molecule has 5 nitrogen and oxygen atoms in total. The van der Waals surface area contributed by atoms with Gasteiger partial charge in [0.2, 0.25) is 15.9 Å². The largest absolute Gasteiger partial charge is 0.325 e. The molecule has 0 fully saturated rings. The third kappa shape index (κ3) is 4.90. The fraction of sp³-hybridized carbons (Fsp3) is 0.235. The first-order valence-electron chi connectivity index (χ1n) is 7.66. The molecular weight excluding hydrogens is 419 g/mol. The molecule has 0 aliphatic heterocycles. The Labute approximate surface area is 167 Å². The maximum Gasteiger partial charge on any atom is 0.245 e. The zero-order valence-electron chi connectivity index (χ0n) is 14.1. The molecule has 26 heavy (non-hydrogen) atoms. The summed E-state index contributed by atoms with van der Waals surface area (Å²) in [6, 6.07) is 9.18. The van der Waals surface area contributed by atoms with Gasteiger partial charge < -0.3 is 5.32 Å². The van der Waals surface area contributed by atoms with Gasteiger partial charge in [-0.2, -0.15) is 4.31 Å². The molecule has 140 valence electrons. The lowest BCUT2D eigenvalue weighted by Gasteiger charge is -2.21. The minimum Gasteiger partial charge on any atom is -0.325 e. The van der Waals surface area contributed by atoms with E-state index in [-0.39, 0.29) is 28.0 Å². The van der Waals surface area contributed by atoms with E-state index in [1.165, 1.54) is 18.2 Å². The van der Waals surface area contributed by atoms with Crippen LogP contribution in [0.4, 0.5) is 5.69 Å². The molecule has 1 N–H and O–H groups in total. The Morgan fingerprint density at radius 3 is 2.31 bits per heavy atom. The highest BCUT2D eigenvalue weighted by atomic mass is 35.5. The second-order valence-corrected chi connectivity index (χ2v) is 8.70. The van der Waals surface area contributed by atoms with Crippen LogP contribution < -0.4 is 5.32 Å². The molecule has 2 aromatic rings. The molecule has 0 saturated carbocycles. The number of sulfonamides is 1. The van der Waals surface area contributed by atoms with E-state index in [1.54, 1.807) is 32.0 Å². The molecule has 0 saturated heterocycles. The first-order chi connectivity index (χ1) is 12.1. The van der Waals surface area contributed by atoms with Gasteiger partial charge in [-0.05, 0) is 48.9 Å². The molecule has 0 bridgehead atoms. The Bertz CT molecular complexity index is 933. The minimum atomic E-state index is -3.97. The Balaban J connectivity index is 2.22. The van der Waals surface area contributed by atoms with Crippen molar-refractivity contribution in [1.82, 2.24) is 4.31 Å². The van der Waals surface area contributed by atoms with Crippen molar-refractivity contribution in [3.05, 3.63) is 57.0 Å². The van der Waals surface area contributed by atoms with Crippen LogP contribution >= 0.6 is 34.8 Å². The van der Waals surface area contributed by atoms with Gasteiger partial charge in [-0.1, -0.05) is 41.7 Å². The zero-order valence-corrected chi connectivity index (χ0v) is 17.2. The molecular formula is C17H17Cl3N2O3S. The summed E-state index contributed by atoms with van der Waals surface area (Å²) in [6.45, 7) is 3.17. The highest BCUT2D eigenvalue weighted by Gasteiger charge is 2.27. The van der Waals surface area contributed by atoms with Crippen LogP contribution in [0.15, 0.2) is 41.3 Å². The third-order valence-corrected chi connectivity index (χ3v) is 6.52. The van der Waals surface area contributed by atoms with E-state index >= 15 is 0 Å². The van der Waals surface area contributed by atoms with Gasteiger partial charge in [0.05, 0.1) is 11.6 Å². The van der Waals surface area contributed by atoms with Crippen LogP contribution in [0.1, 0.15) is 12.5 Å². The van der Waals surface area contributed by atoms with Crippen molar-refractivity contribution < 1.29 is 13.2 Å². The average Bonchev–Trinajstić information content (AvgIpc) is 2.57. The standard InChI is InChI=1S/C17H17Cl3N2O3S/c1-3-22(26(24,25)16-9-13(19)4-6-14(16)20)10-17(23)21-15-7-5-12(18)8-11(15)2/h4-9H,3,10H2,1-2H3,(H,21,23). The van der Waals surface area contributed by atoms with Crippen LogP contribution in [-0.2, 0) is 14.8 Å². The van der Waals surface area contributed by atoms with Gasteiger partial charge in [0.15, 0.2) is 0 Å². The smallest absolute Gasteiger partial charge is 0.245 e. The number of anilines is 1. The van der Waals surface area contributed by atoms with E-state index < -0.39 is 15.9 Å². The first-order valence-corrected chi connectivity index (χ1v) is 10.2. The second-order valence-electron chi connectivity index (χ2n) is 5.51. The number of hydrogen-bond donors (Lipinski definition) is 1. The summed E-state index contributed by atoms with van der Waals surface area (Å²) < 4.78 is 26.7. The number of halogens is 3.